The van der Waals surface area contributed by atoms with Crippen LogP contribution in [0.2, 0.25) is 0 Å². The van der Waals surface area contributed by atoms with Crippen LogP contribution in [-0.4, -0.2) is 21.8 Å². The Labute approximate surface area is 166 Å². The SMILES string of the molecule is Cc1cc(-c2cncc(-c3c(C(N)=O)ccnc3NC(=O)C3CC3)c2)c(C)s1. The van der Waals surface area contributed by atoms with Crippen LogP contribution in [0, 0.1) is 19.8 Å². The molecule has 0 radical (unpaired) electrons. The number of hydrogen-bond acceptors (Lipinski definition) is 5. The number of nitrogens with one attached hydrogen (secondary N) is 1. The van der Waals surface area contributed by atoms with Crippen molar-refractivity contribution in [3.63, 3.8) is 0 Å². The minimum Gasteiger partial charge on any atom is -0.366 e. The summed E-state index contributed by atoms with van der Waals surface area (Å²) in [5.74, 6) is -0.297. The van der Waals surface area contributed by atoms with Gasteiger partial charge in [0.2, 0.25) is 11.8 Å². The number of hydrogen-bond donors (Lipinski definition) is 2. The van der Waals surface area contributed by atoms with Crippen LogP contribution in [-0.2, 0) is 4.79 Å². The molecule has 28 heavy (non-hydrogen) atoms. The molecule has 3 aromatic rings. The summed E-state index contributed by atoms with van der Waals surface area (Å²) in [6.45, 7) is 4.14. The first-order valence-corrected chi connectivity index (χ1v) is 9.88. The average Bonchev–Trinajstić information content (AvgIpc) is 3.46. The van der Waals surface area contributed by atoms with Crippen molar-refractivity contribution in [3.05, 3.63) is 52.1 Å². The molecule has 1 saturated carbocycles. The predicted octanol–water partition coefficient (Wildman–Crippen LogP) is 3.94. The van der Waals surface area contributed by atoms with Crippen LogP contribution in [0.5, 0.6) is 0 Å². The highest BCUT2D eigenvalue weighted by Crippen LogP contribution is 2.36. The lowest BCUT2D eigenvalue weighted by molar-refractivity contribution is -0.117. The molecule has 0 unspecified atom stereocenters. The minimum atomic E-state index is -0.577. The third-order valence-electron chi connectivity index (χ3n) is 4.79. The van der Waals surface area contributed by atoms with Gasteiger partial charge in [-0.05, 0) is 50.5 Å². The lowest BCUT2D eigenvalue weighted by Crippen LogP contribution is -2.18. The Balaban J connectivity index is 1.83. The molecule has 1 aliphatic rings. The van der Waals surface area contributed by atoms with Crippen LogP contribution in [0.3, 0.4) is 0 Å². The maximum atomic E-state index is 12.3. The van der Waals surface area contributed by atoms with Gasteiger partial charge in [0.25, 0.3) is 0 Å². The smallest absolute Gasteiger partial charge is 0.249 e. The fourth-order valence-corrected chi connectivity index (χ4v) is 4.21. The second-order valence-electron chi connectivity index (χ2n) is 7.00. The van der Waals surface area contributed by atoms with E-state index in [1.807, 2.05) is 6.07 Å². The number of nitrogens with zero attached hydrogens (tertiary/aromatic N) is 2. The summed E-state index contributed by atoms with van der Waals surface area (Å²) < 4.78 is 0. The molecule has 2 amide bonds. The molecular formula is C21H20N4O2S. The van der Waals surface area contributed by atoms with Crippen LogP contribution in [0.25, 0.3) is 22.3 Å². The number of amides is 2. The zero-order valence-corrected chi connectivity index (χ0v) is 16.5. The molecule has 7 heteroatoms. The number of carbonyl (C=O) groups is 2. The number of aryl methyl sites for hydroxylation is 2. The monoisotopic (exact) mass is 392 g/mol. The summed E-state index contributed by atoms with van der Waals surface area (Å²) in [6.07, 6.45) is 6.69. The molecule has 0 saturated heterocycles. The van der Waals surface area contributed by atoms with Crippen molar-refractivity contribution in [3.8, 4) is 22.3 Å². The molecule has 4 rings (SSSR count). The third kappa shape index (κ3) is 3.53. The van der Waals surface area contributed by atoms with Gasteiger partial charge in [0.05, 0.1) is 5.56 Å². The predicted molar refractivity (Wildman–Crippen MR) is 110 cm³/mol. The highest BCUT2D eigenvalue weighted by molar-refractivity contribution is 7.12. The third-order valence-corrected chi connectivity index (χ3v) is 5.75. The van der Waals surface area contributed by atoms with Crippen molar-refractivity contribution >= 4 is 29.0 Å². The van der Waals surface area contributed by atoms with Crippen molar-refractivity contribution in [2.24, 2.45) is 11.7 Å². The molecule has 3 aromatic heterocycles. The van der Waals surface area contributed by atoms with Gasteiger partial charge in [0.1, 0.15) is 5.82 Å². The number of pyridine rings is 2. The van der Waals surface area contributed by atoms with E-state index in [0.29, 0.717) is 22.5 Å². The number of primary amides is 1. The van der Waals surface area contributed by atoms with E-state index in [2.05, 4.69) is 35.2 Å². The van der Waals surface area contributed by atoms with Gasteiger partial charge in [0, 0.05) is 51.0 Å². The summed E-state index contributed by atoms with van der Waals surface area (Å²) in [4.78, 5) is 35.4. The Morgan fingerprint density at radius 2 is 1.93 bits per heavy atom. The van der Waals surface area contributed by atoms with Gasteiger partial charge in [0.15, 0.2) is 0 Å². The Hall–Kier alpha value is -3.06. The van der Waals surface area contributed by atoms with E-state index in [0.717, 1.165) is 24.0 Å². The van der Waals surface area contributed by atoms with E-state index >= 15 is 0 Å². The molecule has 3 N–H and O–H groups in total. The Kier molecular flexibility index (Phi) is 4.68. The molecule has 1 aliphatic carbocycles. The molecule has 1 fully saturated rings. The van der Waals surface area contributed by atoms with Crippen LogP contribution in [0.4, 0.5) is 5.82 Å². The summed E-state index contributed by atoms with van der Waals surface area (Å²) in [5, 5.41) is 2.86. The summed E-state index contributed by atoms with van der Waals surface area (Å²) in [5.41, 5.74) is 9.14. The number of nitrogens with two attached hydrogens (primary N) is 1. The molecule has 0 atom stereocenters. The van der Waals surface area contributed by atoms with Crippen LogP contribution >= 0.6 is 11.3 Å². The number of aromatic nitrogens is 2. The Morgan fingerprint density at radius 3 is 2.57 bits per heavy atom. The van der Waals surface area contributed by atoms with E-state index in [4.69, 9.17) is 5.73 Å². The molecule has 0 aromatic carbocycles. The van der Waals surface area contributed by atoms with Crippen molar-refractivity contribution in [1.29, 1.82) is 0 Å². The van der Waals surface area contributed by atoms with E-state index in [1.165, 1.54) is 16.0 Å². The fourth-order valence-electron chi connectivity index (χ4n) is 3.26. The highest BCUT2D eigenvalue weighted by Gasteiger charge is 2.31. The topological polar surface area (TPSA) is 98.0 Å². The quantitative estimate of drug-likeness (QED) is 0.687. The van der Waals surface area contributed by atoms with Crippen molar-refractivity contribution in [2.45, 2.75) is 26.7 Å². The standard InChI is InChI=1S/C21H20N4O2S/c1-11-7-17(12(2)28-11)14-8-15(10-23-9-14)18-16(19(22)26)5-6-24-20(18)25-21(27)13-3-4-13/h5-10,13H,3-4H2,1-2H3,(H2,22,26)(H,24,25,27). The van der Waals surface area contributed by atoms with Gasteiger partial charge in [-0.25, -0.2) is 4.98 Å². The first-order chi connectivity index (χ1) is 13.4. The zero-order chi connectivity index (χ0) is 19.8. The number of anilines is 1. The van der Waals surface area contributed by atoms with E-state index in [-0.39, 0.29) is 11.8 Å². The maximum absolute atomic E-state index is 12.3. The van der Waals surface area contributed by atoms with Crippen LogP contribution in [0.1, 0.15) is 33.0 Å². The molecular weight excluding hydrogens is 372 g/mol. The highest BCUT2D eigenvalue weighted by atomic mass is 32.1. The maximum Gasteiger partial charge on any atom is 0.249 e. The first-order valence-electron chi connectivity index (χ1n) is 9.06. The van der Waals surface area contributed by atoms with Crippen LogP contribution < -0.4 is 11.1 Å². The van der Waals surface area contributed by atoms with E-state index in [9.17, 15) is 9.59 Å². The van der Waals surface area contributed by atoms with Gasteiger partial charge in [-0.1, -0.05) is 0 Å². The van der Waals surface area contributed by atoms with Gasteiger partial charge in [-0.2, -0.15) is 0 Å². The summed E-state index contributed by atoms with van der Waals surface area (Å²) in [7, 11) is 0. The van der Waals surface area contributed by atoms with Crippen molar-refractivity contribution in [1.82, 2.24) is 9.97 Å². The Morgan fingerprint density at radius 1 is 1.18 bits per heavy atom. The second-order valence-corrected chi connectivity index (χ2v) is 8.46. The van der Waals surface area contributed by atoms with E-state index < -0.39 is 5.91 Å². The van der Waals surface area contributed by atoms with Gasteiger partial charge < -0.3 is 11.1 Å². The molecule has 6 nitrogen and oxygen atoms in total. The summed E-state index contributed by atoms with van der Waals surface area (Å²) >= 11 is 1.72. The van der Waals surface area contributed by atoms with Gasteiger partial charge in [-0.15, -0.1) is 11.3 Å². The largest absolute Gasteiger partial charge is 0.366 e. The fraction of sp³-hybridized carbons (Fsp3) is 0.238. The zero-order valence-electron chi connectivity index (χ0n) is 15.7. The molecule has 142 valence electrons. The lowest BCUT2D eigenvalue weighted by atomic mass is 9.98. The van der Waals surface area contributed by atoms with Crippen molar-refractivity contribution in [2.75, 3.05) is 5.32 Å². The van der Waals surface area contributed by atoms with E-state index in [1.54, 1.807) is 29.8 Å². The number of rotatable bonds is 5. The molecule has 3 heterocycles. The summed E-state index contributed by atoms with van der Waals surface area (Å²) in [6, 6.07) is 5.64. The molecule has 0 spiro atoms. The number of thiophene rings is 1. The Bertz CT molecular complexity index is 1090. The second kappa shape index (κ2) is 7.16. The normalized spacial score (nSPS) is 13.4. The molecule has 0 aliphatic heterocycles. The first kappa shape index (κ1) is 18.3. The number of carbonyl (C=O) groups excluding carboxylic acids is 2. The van der Waals surface area contributed by atoms with Gasteiger partial charge in [-0.3, -0.25) is 14.6 Å². The van der Waals surface area contributed by atoms with Gasteiger partial charge >= 0.3 is 0 Å². The minimum absolute atomic E-state index is 0.0211. The van der Waals surface area contributed by atoms with Crippen LogP contribution in [0.15, 0.2) is 36.8 Å². The molecule has 0 bridgehead atoms. The average molecular weight is 392 g/mol. The lowest BCUT2D eigenvalue weighted by Gasteiger charge is -2.14. The van der Waals surface area contributed by atoms with Crippen molar-refractivity contribution < 1.29 is 9.59 Å².